The van der Waals surface area contributed by atoms with Crippen molar-refractivity contribution < 1.29 is 14.0 Å². The largest absolute Gasteiger partial charge is 0.399 e. The quantitative estimate of drug-likeness (QED) is 0.425. The Hall–Kier alpha value is -2.56. The molecule has 0 atom stereocenters. The number of aromatic nitrogens is 1. The van der Waals surface area contributed by atoms with Gasteiger partial charge in [-0.2, -0.15) is 0 Å². The maximum Gasteiger partial charge on any atom is 0.152 e. The molecule has 0 bridgehead atoms. The van der Waals surface area contributed by atoms with Crippen molar-refractivity contribution in [2.45, 2.75) is 39.5 Å². The molecule has 0 fully saturated rings. The van der Waals surface area contributed by atoms with Crippen LogP contribution in [0, 0.1) is 5.82 Å². The average molecular weight is 342 g/mol. The maximum atomic E-state index is 13.4. The zero-order valence-corrected chi connectivity index (χ0v) is 15.2. The topological polar surface area (TPSA) is 51.6 Å². The van der Waals surface area contributed by atoms with Crippen LogP contribution >= 0.6 is 0 Å². The summed E-state index contributed by atoms with van der Waals surface area (Å²) >= 11 is 0. The van der Waals surface area contributed by atoms with Gasteiger partial charge in [-0.3, -0.25) is 9.78 Å². The maximum absolute atomic E-state index is 13.4. The number of halogens is 1. The van der Waals surface area contributed by atoms with Gasteiger partial charge in [0.05, 0.1) is 17.6 Å². The Labute approximate surface area is 147 Å². The van der Waals surface area contributed by atoms with E-state index in [0.717, 1.165) is 28.8 Å². The molecule has 0 aliphatic carbocycles. The first-order chi connectivity index (χ1) is 11.9. The summed E-state index contributed by atoms with van der Waals surface area (Å²) in [4.78, 5) is 21.5. The zero-order chi connectivity index (χ0) is 18.6. The van der Waals surface area contributed by atoms with E-state index in [4.69, 9.17) is 9.82 Å². The van der Waals surface area contributed by atoms with Gasteiger partial charge < -0.3 is 4.84 Å². The zero-order valence-electron chi connectivity index (χ0n) is 15.2. The first kappa shape index (κ1) is 18.8. The highest BCUT2D eigenvalue weighted by atomic mass is 19.1. The molecule has 0 unspecified atom stereocenters. The number of hydrogen-bond acceptors (Lipinski definition) is 4. The fourth-order valence-electron chi connectivity index (χ4n) is 2.81. The minimum atomic E-state index is -0.328. The number of aldehydes is 1. The van der Waals surface area contributed by atoms with Gasteiger partial charge in [0.15, 0.2) is 6.29 Å². The van der Waals surface area contributed by atoms with E-state index < -0.39 is 0 Å². The molecular weight excluding hydrogens is 319 g/mol. The third-order valence-corrected chi connectivity index (χ3v) is 3.96. The molecule has 0 aliphatic rings. The SMILES string of the molecule is CON=Cc1c(C(C)C)nc(C(C)C)c(C=O)c1-c1ccc(F)cc1. The summed E-state index contributed by atoms with van der Waals surface area (Å²) in [7, 11) is 1.46. The number of carbonyl (C=O) groups is 1. The molecule has 0 spiro atoms. The fraction of sp³-hybridized carbons (Fsp3) is 0.350. The number of oxime groups is 1. The van der Waals surface area contributed by atoms with E-state index in [2.05, 4.69) is 5.16 Å². The minimum Gasteiger partial charge on any atom is -0.399 e. The first-order valence-electron chi connectivity index (χ1n) is 8.26. The van der Waals surface area contributed by atoms with Gasteiger partial charge in [-0.05, 0) is 29.5 Å². The standard InChI is InChI=1S/C20H23FN2O2/c1-12(2)19-16(10-22-25-5)18(14-6-8-15(21)9-7-14)17(11-24)20(23-19)13(3)4/h6-13H,1-5H3. The predicted octanol–water partition coefficient (Wildman–Crippen LogP) is 4.93. The molecule has 0 saturated carbocycles. The van der Waals surface area contributed by atoms with Crippen LogP contribution < -0.4 is 0 Å². The first-order valence-corrected chi connectivity index (χ1v) is 8.26. The van der Waals surface area contributed by atoms with E-state index in [0.29, 0.717) is 11.1 Å². The molecule has 0 N–H and O–H groups in total. The second-order valence-corrected chi connectivity index (χ2v) is 6.44. The van der Waals surface area contributed by atoms with Crippen LogP contribution in [0.4, 0.5) is 4.39 Å². The van der Waals surface area contributed by atoms with Crippen LogP contribution in [0.3, 0.4) is 0 Å². The predicted molar refractivity (Wildman–Crippen MR) is 97.8 cm³/mol. The molecule has 0 radical (unpaired) electrons. The lowest BCUT2D eigenvalue weighted by Gasteiger charge is -2.20. The number of hydrogen-bond donors (Lipinski definition) is 0. The molecule has 0 amide bonds. The Morgan fingerprint density at radius 1 is 1.04 bits per heavy atom. The van der Waals surface area contributed by atoms with Crippen molar-refractivity contribution >= 4 is 12.5 Å². The van der Waals surface area contributed by atoms with Crippen LogP contribution in [0.25, 0.3) is 11.1 Å². The van der Waals surface area contributed by atoms with Crippen molar-refractivity contribution in [2.75, 3.05) is 7.11 Å². The van der Waals surface area contributed by atoms with E-state index in [1.165, 1.54) is 19.2 Å². The van der Waals surface area contributed by atoms with Crippen LogP contribution in [0.1, 0.15) is 66.8 Å². The van der Waals surface area contributed by atoms with Crippen LogP contribution in [-0.2, 0) is 4.84 Å². The third-order valence-electron chi connectivity index (χ3n) is 3.96. The lowest BCUT2D eigenvalue weighted by Crippen LogP contribution is -2.11. The Morgan fingerprint density at radius 3 is 2.08 bits per heavy atom. The number of benzene rings is 1. The Kier molecular flexibility index (Phi) is 6.02. The summed E-state index contributed by atoms with van der Waals surface area (Å²) in [6, 6.07) is 6.09. The van der Waals surface area contributed by atoms with E-state index in [1.54, 1.807) is 18.3 Å². The molecule has 2 rings (SSSR count). The lowest BCUT2D eigenvalue weighted by molar-refractivity contribution is 0.112. The molecule has 4 nitrogen and oxygen atoms in total. The molecular formula is C20H23FN2O2. The molecule has 5 heteroatoms. The highest BCUT2D eigenvalue weighted by Crippen LogP contribution is 2.34. The van der Waals surface area contributed by atoms with Gasteiger partial charge in [0.25, 0.3) is 0 Å². The number of carbonyl (C=O) groups excluding carboxylic acids is 1. The summed E-state index contributed by atoms with van der Waals surface area (Å²) in [6.07, 6.45) is 2.38. The monoisotopic (exact) mass is 342 g/mol. The lowest BCUT2D eigenvalue weighted by atomic mass is 9.88. The fourth-order valence-corrected chi connectivity index (χ4v) is 2.81. The molecule has 1 aromatic carbocycles. The molecule has 25 heavy (non-hydrogen) atoms. The highest BCUT2D eigenvalue weighted by Gasteiger charge is 2.22. The van der Waals surface area contributed by atoms with Crippen LogP contribution in [0.15, 0.2) is 29.4 Å². The van der Waals surface area contributed by atoms with Gasteiger partial charge >= 0.3 is 0 Å². The van der Waals surface area contributed by atoms with Crippen molar-refractivity contribution in [3.05, 3.63) is 52.6 Å². The Morgan fingerprint density at radius 2 is 1.60 bits per heavy atom. The normalized spacial score (nSPS) is 11.5. The summed E-state index contributed by atoms with van der Waals surface area (Å²) in [5, 5.41) is 3.88. The molecule has 0 aliphatic heterocycles. The summed E-state index contributed by atoms with van der Waals surface area (Å²) in [5.41, 5.74) is 4.23. The van der Waals surface area contributed by atoms with Gasteiger partial charge in [-0.15, -0.1) is 0 Å². The van der Waals surface area contributed by atoms with Gasteiger partial charge in [0.2, 0.25) is 0 Å². The summed E-state index contributed by atoms with van der Waals surface area (Å²) in [6.45, 7) is 8.06. The Balaban J connectivity index is 2.93. The van der Waals surface area contributed by atoms with Crippen molar-refractivity contribution in [1.29, 1.82) is 0 Å². The Bertz CT molecular complexity index is 781. The molecule has 2 aromatic rings. The minimum absolute atomic E-state index is 0.0744. The smallest absolute Gasteiger partial charge is 0.152 e. The third kappa shape index (κ3) is 3.92. The molecule has 132 valence electrons. The number of nitrogens with zero attached hydrogens (tertiary/aromatic N) is 2. The summed E-state index contributed by atoms with van der Waals surface area (Å²) in [5.74, 6) is -0.133. The van der Waals surface area contributed by atoms with Crippen molar-refractivity contribution in [2.24, 2.45) is 5.16 Å². The van der Waals surface area contributed by atoms with E-state index in [-0.39, 0.29) is 17.7 Å². The van der Waals surface area contributed by atoms with Crippen molar-refractivity contribution in [3.8, 4) is 11.1 Å². The van der Waals surface area contributed by atoms with Crippen molar-refractivity contribution in [3.63, 3.8) is 0 Å². The number of rotatable bonds is 6. The molecule has 0 saturated heterocycles. The highest BCUT2D eigenvalue weighted by molar-refractivity contribution is 6.00. The van der Waals surface area contributed by atoms with Crippen molar-refractivity contribution in [1.82, 2.24) is 4.98 Å². The second-order valence-electron chi connectivity index (χ2n) is 6.44. The number of pyridine rings is 1. The second kappa shape index (κ2) is 8.01. The molecule has 1 heterocycles. The molecule has 1 aromatic heterocycles. The van der Waals surface area contributed by atoms with Gasteiger partial charge in [-0.1, -0.05) is 45.0 Å². The van der Waals surface area contributed by atoms with Gasteiger partial charge in [0.1, 0.15) is 12.9 Å². The van der Waals surface area contributed by atoms with E-state index >= 15 is 0 Å². The average Bonchev–Trinajstić information content (AvgIpc) is 2.58. The van der Waals surface area contributed by atoms with E-state index in [9.17, 15) is 9.18 Å². The van der Waals surface area contributed by atoms with E-state index in [1.807, 2.05) is 27.7 Å². The van der Waals surface area contributed by atoms with Crippen LogP contribution in [0.2, 0.25) is 0 Å². The van der Waals surface area contributed by atoms with Crippen LogP contribution in [0.5, 0.6) is 0 Å². The summed E-state index contributed by atoms with van der Waals surface area (Å²) < 4.78 is 13.4. The van der Waals surface area contributed by atoms with Gasteiger partial charge in [0, 0.05) is 16.7 Å². The van der Waals surface area contributed by atoms with Crippen LogP contribution in [-0.4, -0.2) is 24.6 Å². The van der Waals surface area contributed by atoms with Gasteiger partial charge in [-0.25, -0.2) is 4.39 Å².